The molecule has 0 bridgehead atoms. The van der Waals surface area contributed by atoms with E-state index in [2.05, 4.69) is 25.4 Å². The highest BCUT2D eigenvalue weighted by atomic mass is 16.6. The maximum absolute atomic E-state index is 13.0. The minimum atomic E-state index is -0.963. The van der Waals surface area contributed by atoms with Gasteiger partial charge in [-0.3, -0.25) is 38.1 Å². The third-order valence-electron chi connectivity index (χ3n) is 12.3. The molecule has 0 saturated heterocycles. The monoisotopic (exact) mass is 1190 g/mol. The predicted octanol–water partition coefficient (Wildman–Crippen LogP) is 10.9. The maximum atomic E-state index is 13.0. The molecular weight excluding hydrogens is 1110 g/mol. The van der Waals surface area contributed by atoms with Crippen molar-refractivity contribution in [2.24, 2.45) is 23.1 Å². The molecule has 1 aromatic heterocycles. The van der Waals surface area contributed by atoms with Gasteiger partial charge in [-0.1, -0.05) is 123 Å². The molecule has 0 aliphatic carbocycles. The number of aryl methyl sites for hydroxylation is 4. The molecule has 7 aromatic rings. The lowest BCUT2D eigenvalue weighted by molar-refractivity contribution is -0.144. The first-order valence-electron chi connectivity index (χ1n) is 28.1. The number of carboxylic acid groups (broad SMARTS) is 1. The number of methoxy groups -OCH3 is 2. The molecule has 87 heavy (non-hydrogen) atoms. The van der Waals surface area contributed by atoms with Gasteiger partial charge in [0.1, 0.15) is 17.7 Å². The lowest BCUT2D eigenvalue weighted by Crippen LogP contribution is -2.42. The van der Waals surface area contributed by atoms with Crippen LogP contribution in [0.25, 0.3) is 16.5 Å². The van der Waals surface area contributed by atoms with Gasteiger partial charge in [-0.05, 0) is 152 Å². The Hall–Kier alpha value is -9.30. The minimum Gasteiger partial charge on any atom is -0.480 e. The average molecular weight is 1190 g/mol. The highest BCUT2D eigenvalue weighted by Crippen LogP contribution is 2.23. The molecular formula is C68H87N7O12. The van der Waals surface area contributed by atoms with Crippen LogP contribution in [-0.4, -0.2) is 89.2 Å². The summed E-state index contributed by atoms with van der Waals surface area (Å²) in [4.78, 5) is 92.5. The molecule has 19 heteroatoms. The standard InChI is InChI=1S/C23H28N2O4.C18H18N2O.C15H15NO.C5H10O2.C4H9NO2.C3H7NO2/c1-15-10-9-11-17(20(15)21(27)25-18-12-7-6-8-13-18)14-19(26)16(2)24-22(28)29-23(3,4)5;1-12-7-6-8-14-11-16(13(2)19)20(18(21)17(12)14)15-9-4-3-5-10-15;1-11-7-6-8-12(2)14(11)15(17)16-13-9-4-3-5-10-13;1-4(2)5(6)7-3;1-3(5)4(6)7-2;1-2(4)3(5)6/h6-13,16H,14H2,1-5H3,(H,24,28)(H,25,27);3-11,13H,19H2,1-2H3;3-10H,1-2H3,(H,16,17);4H,1-3H3;3H,5H2,1-2H3;2H,4H2,1H3,(H,5,6)/t;13-;;;3-;2-/m.0..00/s1. The Labute approximate surface area is 511 Å². The molecule has 6 aromatic carbocycles. The lowest BCUT2D eigenvalue weighted by atomic mass is 9.95. The average Bonchev–Trinajstić information content (AvgIpc) is 1.16. The number of aliphatic carboxylic acids is 1. The van der Waals surface area contributed by atoms with Crippen LogP contribution in [0.15, 0.2) is 156 Å². The fourth-order valence-electron chi connectivity index (χ4n) is 7.87. The highest BCUT2D eigenvalue weighted by Gasteiger charge is 2.24. The number of benzene rings is 6. The number of Topliss-reactive ketones (excluding diaryl/α,β-unsaturated/α-hetero) is 1. The first-order chi connectivity index (χ1) is 40.8. The van der Waals surface area contributed by atoms with E-state index in [1.807, 2.05) is 168 Å². The molecule has 466 valence electrons. The van der Waals surface area contributed by atoms with Crippen molar-refractivity contribution in [1.29, 1.82) is 0 Å². The van der Waals surface area contributed by atoms with Gasteiger partial charge in [0, 0.05) is 46.3 Å². The molecule has 0 aliphatic rings. The summed E-state index contributed by atoms with van der Waals surface area (Å²) in [5.74, 6) is -2.02. The summed E-state index contributed by atoms with van der Waals surface area (Å²) in [6.07, 6.45) is -0.624. The largest absolute Gasteiger partial charge is 0.480 e. The Bertz CT molecular complexity index is 3390. The van der Waals surface area contributed by atoms with E-state index in [1.165, 1.54) is 21.1 Å². The molecule has 7 rings (SSSR count). The summed E-state index contributed by atoms with van der Waals surface area (Å²) >= 11 is 0. The number of carboxylic acids is 1. The van der Waals surface area contributed by atoms with E-state index in [4.69, 9.17) is 27.0 Å². The number of fused-ring (bicyclic) bond motifs is 1. The molecule has 0 spiro atoms. The second kappa shape index (κ2) is 36.5. The van der Waals surface area contributed by atoms with Crippen LogP contribution in [0.1, 0.15) is 123 Å². The summed E-state index contributed by atoms with van der Waals surface area (Å²) < 4.78 is 15.5. The van der Waals surface area contributed by atoms with Crippen molar-refractivity contribution in [3.05, 3.63) is 207 Å². The molecule has 0 saturated carbocycles. The normalized spacial score (nSPS) is 11.7. The molecule has 10 N–H and O–H groups in total. The third kappa shape index (κ3) is 25.4. The number of ketones is 1. The van der Waals surface area contributed by atoms with Gasteiger partial charge in [0.15, 0.2) is 5.78 Å². The number of para-hydroxylation sites is 3. The van der Waals surface area contributed by atoms with Gasteiger partial charge in [-0.25, -0.2) is 4.79 Å². The van der Waals surface area contributed by atoms with Crippen molar-refractivity contribution >= 4 is 63.7 Å². The van der Waals surface area contributed by atoms with Gasteiger partial charge in [0.25, 0.3) is 17.4 Å². The van der Waals surface area contributed by atoms with Crippen LogP contribution in [0, 0.1) is 33.6 Å². The number of aromatic nitrogens is 1. The molecule has 1 unspecified atom stereocenters. The SMILES string of the molecule is COC(=O)C(C)C.COC(=O)[C@H](C)N.C[C@H](N)C(=O)O.Cc1cccc(C)c1C(=O)Nc1ccccc1.Cc1cccc(CC(=O)C(C)NC(=O)OC(C)(C)C)c1C(=O)Nc1ccccc1.Cc1cccc2cc([C@H](C)N)n(-c3ccccc3)c(=O)c12. The number of carbonyl (C=O) groups excluding carboxylic acids is 6. The second-order valence-electron chi connectivity index (χ2n) is 21.5. The molecule has 0 aliphatic heterocycles. The lowest BCUT2D eigenvalue weighted by Gasteiger charge is -2.21. The minimum absolute atomic E-state index is 0.00463. The summed E-state index contributed by atoms with van der Waals surface area (Å²) in [6, 6.07) is 45.3. The van der Waals surface area contributed by atoms with Crippen LogP contribution < -0.4 is 38.7 Å². The van der Waals surface area contributed by atoms with Gasteiger partial charge in [-0.2, -0.15) is 0 Å². The second-order valence-corrected chi connectivity index (χ2v) is 21.5. The molecule has 0 radical (unpaired) electrons. The van der Waals surface area contributed by atoms with Crippen LogP contribution >= 0.6 is 0 Å². The van der Waals surface area contributed by atoms with E-state index in [0.29, 0.717) is 16.8 Å². The van der Waals surface area contributed by atoms with Crippen LogP contribution in [0.4, 0.5) is 16.2 Å². The van der Waals surface area contributed by atoms with E-state index >= 15 is 0 Å². The van der Waals surface area contributed by atoms with Crippen molar-refractivity contribution in [3.63, 3.8) is 0 Å². The zero-order valence-corrected chi connectivity index (χ0v) is 52.6. The van der Waals surface area contributed by atoms with E-state index in [1.54, 1.807) is 71.2 Å². The van der Waals surface area contributed by atoms with Crippen LogP contribution in [0.3, 0.4) is 0 Å². The van der Waals surface area contributed by atoms with E-state index in [-0.39, 0.29) is 53.5 Å². The Morgan fingerprint density at radius 1 is 0.563 bits per heavy atom. The van der Waals surface area contributed by atoms with E-state index < -0.39 is 35.8 Å². The smallest absolute Gasteiger partial charge is 0.408 e. The van der Waals surface area contributed by atoms with Gasteiger partial charge >= 0.3 is 24.0 Å². The Balaban J connectivity index is 0.000000391. The van der Waals surface area contributed by atoms with Gasteiger partial charge in [0.05, 0.1) is 31.6 Å². The highest BCUT2D eigenvalue weighted by molar-refractivity contribution is 6.07. The fourth-order valence-corrected chi connectivity index (χ4v) is 7.87. The zero-order valence-electron chi connectivity index (χ0n) is 52.6. The van der Waals surface area contributed by atoms with Crippen LogP contribution in [0.2, 0.25) is 0 Å². The number of amides is 3. The number of hydrogen-bond donors (Lipinski definition) is 7. The van der Waals surface area contributed by atoms with E-state index in [0.717, 1.165) is 55.7 Å². The first kappa shape index (κ1) is 73.8. The fraction of sp³-hybridized carbons (Fsp3) is 0.324. The maximum Gasteiger partial charge on any atom is 0.408 e. The van der Waals surface area contributed by atoms with Crippen molar-refractivity contribution in [1.82, 2.24) is 9.88 Å². The summed E-state index contributed by atoms with van der Waals surface area (Å²) in [5, 5.41) is 17.9. The number of ether oxygens (including phenoxy) is 3. The number of carbonyl (C=O) groups is 7. The van der Waals surface area contributed by atoms with Crippen molar-refractivity contribution in [3.8, 4) is 5.69 Å². The Morgan fingerprint density at radius 2 is 0.989 bits per heavy atom. The van der Waals surface area contributed by atoms with Crippen molar-refractivity contribution in [2.75, 3.05) is 24.9 Å². The number of alkyl carbamates (subject to hydrolysis) is 1. The number of pyridine rings is 1. The number of hydrogen-bond acceptors (Lipinski definition) is 14. The van der Waals surface area contributed by atoms with Gasteiger partial charge < -0.3 is 52.5 Å². The first-order valence-corrected chi connectivity index (χ1v) is 28.1. The zero-order chi connectivity index (χ0) is 65.7. The van der Waals surface area contributed by atoms with Crippen LogP contribution in [0.5, 0.6) is 0 Å². The molecule has 19 nitrogen and oxygen atoms in total. The number of anilines is 2. The van der Waals surface area contributed by atoms with Crippen molar-refractivity contribution in [2.45, 2.75) is 126 Å². The number of nitrogens with two attached hydrogens (primary N) is 3. The molecule has 4 atom stereocenters. The summed E-state index contributed by atoms with van der Waals surface area (Å²) in [7, 11) is 2.70. The molecule has 0 fully saturated rings. The quantitative estimate of drug-likeness (QED) is 0.0417. The van der Waals surface area contributed by atoms with Gasteiger partial charge in [0.2, 0.25) is 0 Å². The van der Waals surface area contributed by atoms with Gasteiger partial charge in [-0.15, -0.1) is 0 Å². The van der Waals surface area contributed by atoms with Crippen molar-refractivity contribution < 1.29 is 52.9 Å². The number of esters is 2. The third-order valence-corrected chi connectivity index (χ3v) is 12.3. The molecule has 1 heterocycles. The summed E-state index contributed by atoms with van der Waals surface area (Å²) in [6.45, 7) is 23.0. The van der Waals surface area contributed by atoms with Crippen LogP contribution in [-0.2, 0) is 39.8 Å². The molecule has 3 amide bonds. The van der Waals surface area contributed by atoms with E-state index in [9.17, 15) is 38.4 Å². The number of nitrogens with zero attached hydrogens (tertiary/aromatic N) is 1. The Morgan fingerprint density at radius 3 is 1.39 bits per heavy atom. The number of nitrogens with one attached hydrogen (secondary N) is 3. The Kier molecular flexibility index (Phi) is 31.0. The topological polar surface area (TPSA) is 304 Å². The summed E-state index contributed by atoms with van der Waals surface area (Å²) in [5.41, 5.74) is 24.1. The number of rotatable bonds is 13. The predicted molar refractivity (Wildman–Crippen MR) is 344 cm³/mol.